The van der Waals surface area contributed by atoms with Crippen LogP contribution in [0.25, 0.3) is 0 Å². The van der Waals surface area contributed by atoms with Crippen LogP contribution in [0, 0.1) is 17.0 Å². The molecule has 2 rings (SSSR count). The molecule has 0 unspecified atom stereocenters. The van der Waals surface area contributed by atoms with Gasteiger partial charge in [0, 0.05) is 30.2 Å². The van der Waals surface area contributed by atoms with Crippen LogP contribution in [0.3, 0.4) is 0 Å². The summed E-state index contributed by atoms with van der Waals surface area (Å²) in [4.78, 5) is 10.3. The Balaban J connectivity index is 2.01. The lowest BCUT2D eigenvalue weighted by atomic mass is 10.2. The molecule has 1 N–H and O–H groups in total. The fourth-order valence-electron chi connectivity index (χ4n) is 1.71. The molecule has 0 aliphatic carbocycles. The molecule has 1 heterocycles. The first-order valence-corrected chi connectivity index (χ1v) is 7.05. The van der Waals surface area contributed by atoms with Gasteiger partial charge in [0.1, 0.15) is 0 Å². The molecule has 0 saturated heterocycles. The average Bonchev–Trinajstić information content (AvgIpc) is 2.77. The maximum absolute atomic E-state index is 10.7. The molecule has 2 aromatic rings. The molecule has 0 radical (unpaired) electrons. The second-order valence-electron chi connectivity index (χ2n) is 4.22. The van der Waals surface area contributed by atoms with Gasteiger partial charge >= 0.3 is 0 Å². The van der Waals surface area contributed by atoms with Crippen molar-refractivity contribution in [3.8, 4) is 0 Å². The molecule has 1 aromatic heterocycles. The van der Waals surface area contributed by atoms with Crippen LogP contribution in [0.1, 0.15) is 16.7 Å². The van der Waals surface area contributed by atoms with Crippen molar-refractivity contribution < 1.29 is 4.92 Å². The molecule has 1 aromatic carbocycles. The third-order valence-electron chi connectivity index (χ3n) is 2.83. The normalized spacial score (nSPS) is 10.6. The van der Waals surface area contributed by atoms with Crippen molar-refractivity contribution >= 4 is 28.6 Å². The Morgan fingerprint density at radius 1 is 1.32 bits per heavy atom. The number of halogens is 1. The monoisotopic (exact) mass is 296 g/mol. The van der Waals surface area contributed by atoms with Crippen molar-refractivity contribution in [3.63, 3.8) is 0 Å². The number of nitrogens with zero attached hydrogens (tertiary/aromatic N) is 1. The largest absolute Gasteiger partial charge is 0.309 e. The summed E-state index contributed by atoms with van der Waals surface area (Å²) in [5, 5.41) is 18.7. The maximum atomic E-state index is 10.7. The standard InChI is InChI=1S/C13H13ClN2O2S/c1-9-7-19-8-11(9)6-15-5-10-4-12(16(17)18)2-3-13(10)14/h2-4,7-8,15H,5-6H2,1H3. The lowest BCUT2D eigenvalue weighted by molar-refractivity contribution is -0.384. The van der Waals surface area contributed by atoms with Crippen LogP contribution in [0.5, 0.6) is 0 Å². The van der Waals surface area contributed by atoms with E-state index in [2.05, 4.69) is 23.0 Å². The van der Waals surface area contributed by atoms with Gasteiger partial charge in [-0.1, -0.05) is 11.6 Å². The number of benzene rings is 1. The highest BCUT2D eigenvalue weighted by atomic mass is 35.5. The molecule has 100 valence electrons. The van der Waals surface area contributed by atoms with Crippen molar-refractivity contribution in [2.75, 3.05) is 0 Å². The number of thiophene rings is 1. The fraction of sp³-hybridized carbons (Fsp3) is 0.231. The van der Waals surface area contributed by atoms with E-state index in [4.69, 9.17) is 11.6 Å². The Bertz CT molecular complexity index is 598. The predicted octanol–water partition coefficient (Wildman–Crippen LogP) is 3.91. The smallest absolute Gasteiger partial charge is 0.269 e. The van der Waals surface area contributed by atoms with Crippen LogP contribution in [0.2, 0.25) is 5.02 Å². The van der Waals surface area contributed by atoms with Crippen molar-refractivity contribution in [2.24, 2.45) is 0 Å². The molecule has 6 heteroatoms. The van der Waals surface area contributed by atoms with Crippen LogP contribution in [0.15, 0.2) is 29.0 Å². The highest BCUT2D eigenvalue weighted by Crippen LogP contribution is 2.22. The molecular weight excluding hydrogens is 284 g/mol. The molecule has 0 saturated carbocycles. The number of aryl methyl sites for hydroxylation is 1. The van der Waals surface area contributed by atoms with E-state index in [1.165, 1.54) is 23.3 Å². The molecule has 19 heavy (non-hydrogen) atoms. The summed E-state index contributed by atoms with van der Waals surface area (Å²) in [6.07, 6.45) is 0. The third-order valence-corrected chi connectivity index (χ3v) is 4.11. The molecule has 0 bridgehead atoms. The summed E-state index contributed by atoms with van der Waals surface area (Å²) in [6, 6.07) is 4.48. The Morgan fingerprint density at radius 3 is 2.68 bits per heavy atom. The number of nitro benzene ring substituents is 1. The summed E-state index contributed by atoms with van der Waals surface area (Å²) >= 11 is 7.70. The van der Waals surface area contributed by atoms with Gasteiger partial charge in [-0.3, -0.25) is 10.1 Å². The highest BCUT2D eigenvalue weighted by Gasteiger charge is 2.09. The second kappa shape index (κ2) is 6.14. The van der Waals surface area contributed by atoms with Crippen LogP contribution < -0.4 is 5.32 Å². The fourth-order valence-corrected chi connectivity index (χ4v) is 2.75. The number of hydrogen-bond donors (Lipinski definition) is 1. The minimum absolute atomic E-state index is 0.0629. The summed E-state index contributed by atoms with van der Waals surface area (Å²) in [7, 11) is 0. The summed E-state index contributed by atoms with van der Waals surface area (Å²) < 4.78 is 0. The number of nitrogens with one attached hydrogen (secondary N) is 1. The lowest BCUT2D eigenvalue weighted by Gasteiger charge is -2.06. The lowest BCUT2D eigenvalue weighted by Crippen LogP contribution is -2.13. The molecule has 0 atom stereocenters. The van der Waals surface area contributed by atoms with Crippen LogP contribution in [-0.2, 0) is 13.1 Å². The third kappa shape index (κ3) is 3.53. The first-order chi connectivity index (χ1) is 9.08. The summed E-state index contributed by atoms with van der Waals surface area (Å²) in [5.74, 6) is 0. The Labute approximate surface area is 120 Å². The van der Waals surface area contributed by atoms with Gasteiger partial charge in [0.15, 0.2) is 0 Å². The molecule has 0 aliphatic heterocycles. The van der Waals surface area contributed by atoms with E-state index in [9.17, 15) is 10.1 Å². The van der Waals surface area contributed by atoms with E-state index in [-0.39, 0.29) is 5.69 Å². The predicted molar refractivity (Wildman–Crippen MR) is 77.7 cm³/mol. The Hall–Kier alpha value is -1.43. The van der Waals surface area contributed by atoms with Crippen LogP contribution >= 0.6 is 22.9 Å². The Kier molecular flexibility index (Phi) is 4.52. The van der Waals surface area contributed by atoms with E-state index in [0.717, 1.165) is 12.1 Å². The minimum atomic E-state index is -0.414. The maximum Gasteiger partial charge on any atom is 0.269 e. The van der Waals surface area contributed by atoms with Gasteiger partial charge in [0.2, 0.25) is 0 Å². The van der Waals surface area contributed by atoms with Gasteiger partial charge in [-0.2, -0.15) is 11.3 Å². The molecule has 0 spiro atoms. The van der Waals surface area contributed by atoms with E-state index in [0.29, 0.717) is 11.6 Å². The zero-order valence-electron chi connectivity index (χ0n) is 10.4. The topological polar surface area (TPSA) is 55.2 Å². The Morgan fingerprint density at radius 2 is 2.05 bits per heavy atom. The van der Waals surface area contributed by atoms with Gasteiger partial charge in [-0.25, -0.2) is 0 Å². The zero-order chi connectivity index (χ0) is 13.8. The quantitative estimate of drug-likeness (QED) is 0.672. The van der Waals surface area contributed by atoms with Gasteiger partial charge in [0.05, 0.1) is 4.92 Å². The number of nitro groups is 1. The summed E-state index contributed by atoms with van der Waals surface area (Å²) in [5.41, 5.74) is 3.30. The van der Waals surface area contributed by atoms with Gasteiger partial charge in [-0.05, 0) is 40.4 Å². The number of rotatable bonds is 5. The molecule has 0 amide bonds. The van der Waals surface area contributed by atoms with Gasteiger partial charge < -0.3 is 5.32 Å². The minimum Gasteiger partial charge on any atom is -0.309 e. The van der Waals surface area contributed by atoms with Gasteiger partial charge in [-0.15, -0.1) is 0 Å². The van der Waals surface area contributed by atoms with Gasteiger partial charge in [0.25, 0.3) is 5.69 Å². The highest BCUT2D eigenvalue weighted by molar-refractivity contribution is 7.08. The first kappa shape index (κ1) is 14.0. The molecule has 4 nitrogen and oxygen atoms in total. The molecular formula is C13H13ClN2O2S. The summed E-state index contributed by atoms with van der Waals surface area (Å²) in [6.45, 7) is 3.30. The van der Waals surface area contributed by atoms with Crippen molar-refractivity contribution in [2.45, 2.75) is 20.0 Å². The van der Waals surface area contributed by atoms with Crippen molar-refractivity contribution in [1.82, 2.24) is 5.32 Å². The van der Waals surface area contributed by atoms with E-state index >= 15 is 0 Å². The molecule has 0 fully saturated rings. The SMILES string of the molecule is Cc1cscc1CNCc1cc([N+](=O)[O-])ccc1Cl. The van der Waals surface area contributed by atoms with Crippen LogP contribution in [-0.4, -0.2) is 4.92 Å². The van der Waals surface area contributed by atoms with E-state index in [1.54, 1.807) is 17.4 Å². The number of hydrogen-bond acceptors (Lipinski definition) is 4. The molecule has 0 aliphatic rings. The van der Waals surface area contributed by atoms with E-state index in [1.807, 2.05) is 0 Å². The van der Waals surface area contributed by atoms with E-state index < -0.39 is 4.92 Å². The number of non-ortho nitro benzene ring substituents is 1. The average molecular weight is 297 g/mol. The first-order valence-electron chi connectivity index (χ1n) is 5.73. The second-order valence-corrected chi connectivity index (χ2v) is 5.37. The van der Waals surface area contributed by atoms with Crippen LogP contribution in [0.4, 0.5) is 5.69 Å². The van der Waals surface area contributed by atoms with Crippen molar-refractivity contribution in [1.29, 1.82) is 0 Å². The van der Waals surface area contributed by atoms with Crippen molar-refractivity contribution in [3.05, 3.63) is 60.8 Å². The zero-order valence-corrected chi connectivity index (χ0v) is 11.9.